The number of nitrogens with zero attached hydrogens (tertiary/aromatic N) is 2. The zero-order valence-electron chi connectivity index (χ0n) is 20.4. The first-order chi connectivity index (χ1) is 14.5. The van der Waals surface area contributed by atoms with Gasteiger partial charge in [0.05, 0.1) is 31.6 Å². The van der Waals surface area contributed by atoms with Crippen LogP contribution < -0.4 is 0 Å². The van der Waals surface area contributed by atoms with Crippen molar-refractivity contribution >= 4 is 22.3 Å². The molecule has 2 aliphatic rings. The molecule has 10 nitrogen and oxygen atoms in total. The van der Waals surface area contributed by atoms with Crippen LogP contribution >= 0.6 is 0 Å². The van der Waals surface area contributed by atoms with Gasteiger partial charge < -0.3 is 24.4 Å². The van der Waals surface area contributed by atoms with E-state index in [2.05, 4.69) is 0 Å². The van der Waals surface area contributed by atoms with Crippen LogP contribution in [0, 0.1) is 0 Å². The van der Waals surface area contributed by atoms with Gasteiger partial charge >= 0.3 is 12.2 Å². The average Bonchev–Trinajstić information content (AvgIpc) is 3.26. The lowest BCUT2D eigenvalue weighted by atomic mass is 10.2. The molecule has 0 saturated carbocycles. The Labute approximate surface area is 192 Å². The second-order valence-electron chi connectivity index (χ2n) is 10.1. The quantitative estimate of drug-likeness (QED) is 0.610. The fourth-order valence-electron chi connectivity index (χ4n) is 3.36. The maximum atomic E-state index is 11.9. The van der Waals surface area contributed by atoms with Crippen molar-refractivity contribution in [1.82, 2.24) is 9.80 Å². The predicted molar refractivity (Wildman–Crippen MR) is 120 cm³/mol. The number of likely N-dealkylation sites (tertiary alicyclic amines) is 2. The lowest BCUT2D eigenvalue weighted by molar-refractivity contribution is 0.0171. The Hall–Kier alpha value is -1.59. The van der Waals surface area contributed by atoms with Crippen molar-refractivity contribution in [3.63, 3.8) is 0 Å². The molecule has 0 radical (unpaired) electrons. The molecule has 0 bridgehead atoms. The number of rotatable bonds is 4. The van der Waals surface area contributed by atoms with Crippen LogP contribution in [0.1, 0.15) is 67.2 Å². The summed E-state index contributed by atoms with van der Waals surface area (Å²) >= 11 is 0. The van der Waals surface area contributed by atoms with E-state index in [0.717, 1.165) is 31.9 Å². The van der Waals surface area contributed by atoms with Crippen LogP contribution in [-0.4, -0.2) is 91.4 Å². The summed E-state index contributed by atoms with van der Waals surface area (Å²) in [5.41, 5.74) is -1.01. The number of carbonyl (C=O) groups is 2. The summed E-state index contributed by atoms with van der Waals surface area (Å²) in [5.74, 6) is 0. The summed E-state index contributed by atoms with van der Waals surface area (Å²) in [6.07, 6.45) is 3.65. The van der Waals surface area contributed by atoms with Crippen LogP contribution in [0.3, 0.4) is 0 Å². The molecule has 2 saturated heterocycles. The number of hydrogen-bond donors (Lipinski definition) is 1. The number of aliphatic hydroxyl groups excluding tert-OH is 1. The average molecular weight is 481 g/mol. The maximum Gasteiger partial charge on any atom is 0.410 e. The third kappa shape index (κ3) is 10.8. The minimum absolute atomic E-state index is 0.00191. The Balaban J connectivity index is 0.000000330. The molecule has 2 fully saturated rings. The van der Waals surface area contributed by atoms with Crippen molar-refractivity contribution in [3.8, 4) is 0 Å². The van der Waals surface area contributed by atoms with Gasteiger partial charge in [0.1, 0.15) is 11.2 Å². The highest BCUT2D eigenvalue weighted by atomic mass is 32.2. The van der Waals surface area contributed by atoms with E-state index < -0.39 is 27.4 Å². The summed E-state index contributed by atoms with van der Waals surface area (Å²) in [7, 11) is -3.47. The second kappa shape index (κ2) is 11.5. The largest absolute Gasteiger partial charge is 0.444 e. The van der Waals surface area contributed by atoms with Gasteiger partial charge in [0.15, 0.2) is 0 Å². The normalized spacial score (nSPS) is 21.8. The molecule has 188 valence electrons. The van der Waals surface area contributed by atoms with Gasteiger partial charge in [-0.05, 0) is 67.2 Å². The van der Waals surface area contributed by atoms with Crippen LogP contribution in [-0.2, 0) is 23.8 Å². The summed E-state index contributed by atoms with van der Waals surface area (Å²) in [6, 6.07) is -0.278. The van der Waals surface area contributed by atoms with Crippen molar-refractivity contribution in [2.24, 2.45) is 0 Å². The van der Waals surface area contributed by atoms with Gasteiger partial charge in [-0.2, -0.15) is 8.42 Å². The highest BCUT2D eigenvalue weighted by Gasteiger charge is 2.33. The standard InChI is InChI=1S/C11H21NO5S.C10H19NO3/c1-11(2,3)17-10(13)12-7-5-6-9(12)8-16-18(4,14)15;1-10(2,3)14-9(13)11-6-4-5-8(11)7-12/h9H,5-8H2,1-4H3;8,12H,4-7H2,1-3H3/t9-;8-/m00/s1. The van der Waals surface area contributed by atoms with Gasteiger partial charge in [-0.1, -0.05) is 0 Å². The molecule has 2 amide bonds. The number of carbonyl (C=O) groups excluding carboxylic acids is 2. The van der Waals surface area contributed by atoms with Gasteiger partial charge in [0, 0.05) is 13.1 Å². The van der Waals surface area contributed by atoms with E-state index in [0.29, 0.717) is 13.1 Å². The minimum atomic E-state index is -3.47. The van der Waals surface area contributed by atoms with Crippen LogP contribution in [0.5, 0.6) is 0 Å². The smallest absolute Gasteiger partial charge is 0.410 e. The maximum absolute atomic E-state index is 11.9. The molecule has 0 aliphatic carbocycles. The number of amides is 2. The third-order valence-electron chi connectivity index (χ3n) is 4.70. The number of ether oxygens (including phenoxy) is 2. The first-order valence-corrected chi connectivity index (χ1v) is 12.8. The van der Waals surface area contributed by atoms with Gasteiger partial charge in [-0.25, -0.2) is 9.59 Å². The Morgan fingerprint density at radius 2 is 1.28 bits per heavy atom. The van der Waals surface area contributed by atoms with E-state index >= 15 is 0 Å². The van der Waals surface area contributed by atoms with E-state index in [-0.39, 0.29) is 31.4 Å². The first kappa shape index (κ1) is 28.4. The molecule has 2 atom stereocenters. The fraction of sp³-hybridized carbons (Fsp3) is 0.905. The summed E-state index contributed by atoms with van der Waals surface area (Å²) in [6.45, 7) is 12.2. The molecule has 2 heterocycles. The fourth-order valence-corrected chi connectivity index (χ4v) is 3.76. The summed E-state index contributed by atoms with van der Waals surface area (Å²) in [5, 5.41) is 9.03. The van der Waals surface area contributed by atoms with Gasteiger partial charge in [0.2, 0.25) is 0 Å². The Bertz CT molecular complexity index is 727. The SMILES string of the molecule is CC(C)(C)OC(=O)N1CCC[C@H]1CO.CC(C)(C)OC(=O)N1CCC[C@H]1COS(C)(=O)=O. The van der Waals surface area contributed by atoms with E-state index in [1.54, 1.807) is 25.7 Å². The molecule has 32 heavy (non-hydrogen) atoms. The van der Waals surface area contributed by atoms with Crippen LogP contribution in [0.25, 0.3) is 0 Å². The van der Waals surface area contributed by atoms with E-state index in [1.165, 1.54) is 4.90 Å². The molecule has 0 unspecified atom stereocenters. The van der Waals surface area contributed by atoms with Crippen molar-refractivity contribution in [3.05, 3.63) is 0 Å². The monoisotopic (exact) mass is 480 g/mol. The lowest BCUT2D eigenvalue weighted by Gasteiger charge is -2.28. The van der Waals surface area contributed by atoms with Crippen molar-refractivity contribution in [2.75, 3.05) is 32.6 Å². The highest BCUT2D eigenvalue weighted by Crippen LogP contribution is 2.22. The predicted octanol–water partition coefficient (Wildman–Crippen LogP) is 2.74. The minimum Gasteiger partial charge on any atom is -0.444 e. The molecule has 1 N–H and O–H groups in total. The van der Waals surface area contributed by atoms with E-state index in [9.17, 15) is 18.0 Å². The first-order valence-electron chi connectivity index (χ1n) is 11.0. The summed E-state index contributed by atoms with van der Waals surface area (Å²) < 4.78 is 37.1. The van der Waals surface area contributed by atoms with Gasteiger partial charge in [-0.3, -0.25) is 4.18 Å². The molecular weight excluding hydrogens is 440 g/mol. The molecule has 2 rings (SSSR count). The Kier molecular flexibility index (Phi) is 10.2. The van der Waals surface area contributed by atoms with Crippen LogP contribution in [0.2, 0.25) is 0 Å². The second-order valence-corrected chi connectivity index (χ2v) is 11.8. The topological polar surface area (TPSA) is 123 Å². The van der Waals surface area contributed by atoms with Crippen LogP contribution in [0.4, 0.5) is 9.59 Å². The van der Waals surface area contributed by atoms with Gasteiger partial charge in [0.25, 0.3) is 10.1 Å². The molecule has 0 aromatic carbocycles. The van der Waals surface area contributed by atoms with Gasteiger partial charge in [-0.15, -0.1) is 0 Å². The van der Waals surface area contributed by atoms with Crippen molar-refractivity contribution < 1.29 is 36.8 Å². The lowest BCUT2D eigenvalue weighted by Crippen LogP contribution is -2.42. The van der Waals surface area contributed by atoms with Crippen molar-refractivity contribution in [1.29, 1.82) is 0 Å². The number of aliphatic hydroxyl groups is 1. The highest BCUT2D eigenvalue weighted by molar-refractivity contribution is 7.85. The van der Waals surface area contributed by atoms with Crippen LogP contribution in [0.15, 0.2) is 0 Å². The zero-order chi connectivity index (χ0) is 24.7. The molecule has 0 spiro atoms. The number of hydrogen-bond acceptors (Lipinski definition) is 8. The van der Waals surface area contributed by atoms with Crippen molar-refractivity contribution in [2.45, 2.75) is 90.5 Å². The Morgan fingerprint density at radius 1 is 0.875 bits per heavy atom. The molecule has 11 heteroatoms. The van der Waals surface area contributed by atoms with E-state index in [1.807, 2.05) is 20.8 Å². The Morgan fingerprint density at radius 3 is 1.66 bits per heavy atom. The van der Waals surface area contributed by atoms with E-state index in [4.69, 9.17) is 18.8 Å². The zero-order valence-corrected chi connectivity index (χ0v) is 21.2. The molecule has 2 aliphatic heterocycles. The third-order valence-corrected chi connectivity index (χ3v) is 5.26. The molecule has 0 aromatic rings. The molecule has 0 aromatic heterocycles. The molecular formula is C21H40N2O8S. The summed E-state index contributed by atoms with van der Waals surface area (Å²) in [4.78, 5) is 26.7.